The van der Waals surface area contributed by atoms with E-state index < -0.39 is 11.4 Å². The van der Waals surface area contributed by atoms with Gasteiger partial charge in [0, 0.05) is 23.9 Å². The Morgan fingerprint density at radius 2 is 2.21 bits per heavy atom. The molecule has 0 bridgehead atoms. The molecule has 0 unspecified atom stereocenters. The Kier molecular flexibility index (Phi) is 2.57. The zero-order valence-electron chi connectivity index (χ0n) is 9.35. The lowest BCUT2D eigenvalue weighted by Crippen LogP contribution is -2.18. The third kappa shape index (κ3) is 1.78. The summed E-state index contributed by atoms with van der Waals surface area (Å²) in [5.74, 6) is -1.28. The maximum Gasteiger partial charge on any atom is 0.341 e. The predicted octanol–water partition coefficient (Wildman–Crippen LogP) is 0.935. The summed E-state index contributed by atoms with van der Waals surface area (Å²) in [5, 5.41) is 9.76. The van der Waals surface area contributed by atoms with E-state index in [9.17, 15) is 9.59 Å². The van der Waals surface area contributed by atoms with E-state index >= 15 is 0 Å². The van der Waals surface area contributed by atoms with Crippen molar-refractivity contribution in [3.05, 3.63) is 46.6 Å². The summed E-state index contributed by atoms with van der Waals surface area (Å²) in [6.45, 7) is 0. The lowest BCUT2D eigenvalue weighted by Gasteiger charge is -2.07. The molecule has 0 spiro atoms. The number of fused-ring (bicyclic) bond motifs is 1. The predicted molar refractivity (Wildman–Crippen MR) is 67.8 cm³/mol. The van der Waals surface area contributed by atoms with E-state index in [1.165, 1.54) is 29.4 Å². The van der Waals surface area contributed by atoms with Crippen LogP contribution in [0.1, 0.15) is 10.4 Å². The second-order valence-corrected chi connectivity index (χ2v) is 4.40. The molecule has 94 valence electrons. The molecular formula is C11H6N4O3S. The molecule has 8 heteroatoms. The SMILES string of the molecule is O=C(O)c1cn(-c2ncns2)c2ncccc2c1=O. The van der Waals surface area contributed by atoms with Gasteiger partial charge in [-0.2, -0.15) is 4.37 Å². The maximum atomic E-state index is 12.0. The second kappa shape index (κ2) is 4.25. The Bertz CT molecular complexity index is 826. The summed E-state index contributed by atoms with van der Waals surface area (Å²) in [4.78, 5) is 31.3. The number of carboxylic acid groups (broad SMARTS) is 1. The summed E-state index contributed by atoms with van der Waals surface area (Å²) in [6.07, 6.45) is 4.10. The van der Waals surface area contributed by atoms with E-state index in [4.69, 9.17) is 5.11 Å². The van der Waals surface area contributed by atoms with Crippen LogP contribution < -0.4 is 5.43 Å². The van der Waals surface area contributed by atoms with Crippen LogP contribution in [-0.2, 0) is 0 Å². The molecule has 0 atom stereocenters. The summed E-state index contributed by atoms with van der Waals surface area (Å²) < 4.78 is 5.31. The average Bonchev–Trinajstić information content (AvgIpc) is 2.93. The topological polar surface area (TPSA) is 98.0 Å². The Labute approximate surface area is 110 Å². The van der Waals surface area contributed by atoms with Gasteiger partial charge in [0.05, 0.1) is 5.39 Å². The van der Waals surface area contributed by atoms with Gasteiger partial charge in [-0.15, -0.1) is 0 Å². The lowest BCUT2D eigenvalue weighted by molar-refractivity contribution is 0.0695. The van der Waals surface area contributed by atoms with Crippen LogP contribution in [0.15, 0.2) is 35.6 Å². The van der Waals surface area contributed by atoms with Gasteiger partial charge in [0.2, 0.25) is 10.6 Å². The number of pyridine rings is 2. The number of hydrogen-bond acceptors (Lipinski definition) is 6. The van der Waals surface area contributed by atoms with Crippen molar-refractivity contribution in [1.82, 2.24) is 18.9 Å². The van der Waals surface area contributed by atoms with Gasteiger partial charge in [0.25, 0.3) is 0 Å². The summed E-state index contributed by atoms with van der Waals surface area (Å²) in [7, 11) is 0. The van der Waals surface area contributed by atoms with E-state index in [0.29, 0.717) is 10.8 Å². The van der Waals surface area contributed by atoms with Gasteiger partial charge in [-0.25, -0.2) is 14.8 Å². The first-order valence-electron chi connectivity index (χ1n) is 5.19. The highest BCUT2D eigenvalue weighted by Gasteiger charge is 2.16. The molecule has 0 aromatic carbocycles. The molecule has 1 N–H and O–H groups in total. The van der Waals surface area contributed by atoms with Crippen molar-refractivity contribution in [2.24, 2.45) is 0 Å². The van der Waals surface area contributed by atoms with E-state index in [1.54, 1.807) is 6.07 Å². The van der Waals surface area contributed by atoms with Crippen molar-refractivity contribution in [3.8, 4) is 5.13 Å². The molecule has 0 saturated heterocycles. The van der Waals surface area contributed by atoms with Crippen molar-refractivity contribution >= 4 is 28.5 Å². The second-order valence-electron chi connectivity index (χ2n) is 3.65. The van der Waals surface area contributed by atoms with Crippen LogP contribution in [0.2, 0.25) is 0 Å². The van der Waals surface area contributed by atoms with Crippen molar-refractivity contribution in [2.75, 3.05) is 0 Å². The molecule has 0 aliphatic rings. The van der Waals surface area contributed by atoms with E-state index in [-0.39, 0.29) is 10.9 Å². The van der Waals surface area contributed by atoms with Crippen molar-refractivity contribution < 1.29 is 9.90 Å². The van der Waals surface area contributed by atoms with Gasteiger partial charge in [0.1, 0.15) is 17.5 Å². The Morgan fingerprint density at radius 1 is 1.37 bits per heavy atom. The van der Waals surface area contributed by atoms with E-state index in [2.05, 4.69) is 14.3 Å². The maximum absolute atomic E-state index is 12.0. The normalized spacial score (nSPS) is 10.7. The van der Waals surface area contributed by atoms with Gasteiger partial charge in [-0.05, 0) is 12.1 Å². The highest BCUT2D eigenvalue weighted by Crippen LogP contribution is 2.16. The first-order valence-corrected chi connectivity index (χ1v) is 5.96. The molecule has 19 heavy (non-hydrogen) atoms. The van der Waals surface area contributed by atoms with Crippen LogP contribution in [0.5, 0.6) is 0 Å². The van der Waals surface area contributed by atoms with Gasteiger partial charge in [-0.1, -0.05) is 0 Å². The minimum absolute atomic E-state index is 0.234. The molecule has 0 radical (unpaired) electrons. The van der Waals surface area contributed by atoms with Crippen LogP contribution in [0, 0.1) is 0 Å². The zero-order chi connectivity index (χ0) is 13.4. The Balaban J connectivity index is 2.48. The molecule has 3 aromatic rings. The monoisotopic (exact) mass is 274 g/mol. The minimum Gasteiger partial charge on any atom is -0.477 e. The van der Waals surface area contributed by atoms with Crippen LogP contribution in [0.3, 0.4) is 0 Å². The average molecular weight is 274 g/mol. The highest BCUT2D eigenvalue weighted by molar-refractivity contribution is 7.08. The number of hydrogen-bond donors (Lipinski definition) is 1. The van der Waals surface area contributed by atoms with Crippen molar-refractivity contribution in [2.45, 2.75) is 0 Å². The number of aromatic carboxylic acids is 1. The van der Waals surface area contributed by atoms with Crippen LogP contribution in [-0.4, -0.2) is 30.0 Å². The first kappa shape index (κ1) is 11.5. The van der Waals surface area contributed by atoms with Gasteiger partial charge in [0.15, 0.2) is 0 Å². The molecule has 3 aromatic heterocycles. The van der Waals surface area contributed by atoms with Gasteiger partial charge >= 0.3 is 5.97 Å². The quantitative estimate of drug-likeness (QED) is 0.746. The molecule has 0 saturated carbocycles. The smallest absolute Gasteiger partial charge is 0.341 e. The van der Waals surface area contributed by atoms with Crippen molar-refractivity contribution in [3.63, 3.8) is 0 Å². The van der Waals surface area contributed by atoms with Crippen LogP contribution in [0.25, 0.3) is 16.2 Å². The molecule has 3 rings (SSSR count). The van der Waals surface area contributed by atoms with Crippen LogP contribution in [0.4, 0.5) is 0 Å². The zero-order valence-corrected chi connectivity index (χ0v) is 10.2. The molecular weight excluding hydrogens is 268 g/mol. The summed E-state index contributed by atoms with van der Waals surface area (Å²) >= 11 is 1.08. The van der Waals surface area contributed by atoms with E-state index in [0.717, 1.165) is 11.5 Å². The summed E-state index contributed by atoms with van der Waals surface area (Å²) in [5.41, 5.74) is -0.527. The fraction of sp³-hybridized carbons (Fsp3) is 0. The number of carbonyl (C=O) groups is 1. The molecule has 3 heterocycles. The minimum atomic E-state index is -1.28. The Hall–Kier alpha value is -2.61. The summed E-state index contributed by atoms with van der Waals surface area (Å²) in [6, 6.07) is 3.12. The molecule has 0 aliphatic heterocycles. The number of nitrogens with zero attached hydrogens (tertiary/aromatic N) is 4. The van der Waals surface area contributed by atoms with Gasteiger partial charge < -0.3 is 5.11 Å². The lowest BCUT2D eigenvalue weighted by atomic mass is 10.2. The largest absolute Gasteiger partial charge is 0.477 e. The van der Waals surface area contributed by atoms with Crippen LogP contribution >= 0.6 is 11.5 Å². The third-order valence-corrected chi connectivity index (χ3v) is 3.21. The molecule has 0 amide bonds. The standard InChI is InChI=1S/C11H6N4O3S/c16-8-6-2-1-3-12-9(6)15(4-7(8)10(17)18)11-13-5-14-19-11/h1-5H,(H,17,18). The number of aromatic nitrogens is 4. The fourth-order valence-electron chi connectivity index (χ4n) is 1.73. The molecule has 0 aliphatic carbocycles. The van der Waals surface area contributed by atoms with E-state index in [1.807, 2.05) is 0 Å². The van der Waals surface area contributed by atoms with Crippen molar-refractivity contribution in [1.29, 1.82) is 0 Å². The highest BCUT2D eigenvalue weighted by atomic mass is 32.1. The molecule has 7 nitrogen and oxygen atoms in total. The number of rotatable bonds is 2. The molecule has 0 fully saturated rings. The first-order chi connectivity index (χ1) is 9.18. The fourth-order valence-corrected chi connectivity index (χ4v) is 2.24. The Morgan fingerprint density at radius 3 is 2.89 bits per heavy atom. The van der Waals surface area contributed by atoms with Gasteiger partial charge in [-0.3, -0.25) is 9.36 Å². The third-order valence-electron chi connectivity index (χ3n) is 2.55. The number of carboxylic acids is 1.